The van der Waals surface area contributed by atoms with Crippen LogP contribution in [0, 0.1) is 0 Å². The number of hydroxylamine groups is 2. The Morgan fingerprint density at radius 3 is 2.86 bits per heavy atom. The van der Waals surface area contributed by atoms with Gasteiger partial charge in [-0.3, -0.25) is 9.87 Å². The molecule has 0 aliphatic carbocycles. The van der Waals surface area contributed by atoms with Gasteiger partial charge in [0, 0.05) is 0 Å². The molecule has 0 saturated carbocycles. The van der Waals surface area contributed by atoms with Gasteiger partial charge < -0.3 is 10.0 Å². The maximum Gasteiger partial charge on any atom is 0.418 e. The zero-order valence-corrected chi connectivity index (χ0v) is 11.7. The molecule has 13 heteroatoms. The average Bonchev–Trinajstić information content (AvgIpc) is 2.83. The maximum absolute atomic E-state index is 11.9. The molecule has 1 unspecified atom stereocenters. The number of nitrogens with zero attached hydrogens (tertiary/aromatic N) is 3. The van der Waals surface area contributed by atoms with Gasteiger partial charge in [0.15, 0.2) is 5.13 Å². The Balaban J connectivity index is 1.94. The third-order valence-electron chi connectivity index (χ3n) is 2.89. The summed E-state index contributed by atoms with van der Waals surface area (Å²) >= 11 is 0.975. The zero-order valence-electron chi connectivity index (χ0n) is 10.1. The lowest BCUT2D eigenvalue weighted by atomic mass is 10.1. The summed E-state index contributed by atoms with van der Waals surface area (Å²) in [6, 6.07) is -1.49. The third-order valence-corrected chi connectivity index (χ3v) is 4.36. The lowest BCUT2D eigenvalue weighted by molar-refractivity contribution is -0.0307. The summed E-state index contributed by atoms with van der Waals surface area (Å²) < 4.78 is 34.6. The average molecular weight is 336 g/mol. The summed E-state index contributed by atoms with van der Waals surface area (Å²) in [5, 5.41) is 11.4. The molecule has 1 saturated heterocycles. The smallest absolute Gasteiger partial charge is 0.418 e. The summed E-state index contributed by atoms with van der Waals surface area (Å²) in [5.41, 5.74) is 0.454. The first-order valence-corrected chi connectivity index (χ1v) is 7.67. The van der Waals surface area contributed by atoms with Crippen molar-refractivity contribution in [3.05, 3.63) is 10.6 Å². The number of hydrogen-bond acceptors (Lipinski definition) is 7. The number of urea groups is 1. The summed E-state index contributed by atoms with van der Waals surface area (Å²) in [5.74, 6) is 0. The molecule has 2 bridgehead atoms. The normalized spacial score (nSPS) is 20.6. The predicted molar refractivity (Wildman–Crippen MR) is 66.8 cm³/mol. The number of thiazole rings is 1. The highest BCUT2D eigenvalue weighted by Crippen LogP contribution is 2.42. The monoisotopic (exact) mass is 336 g/mol. The molecule has 3 rings (SSSR count). The highest BCUT2D eigenvalue weighted by Gasteiger charge is 2.47. The fourth-order valence-corrected chi connectivity index (χ4v) is 3.61. The van der Waals surface area contributed by atoms with Crippen molar-refractivity contribution in [2.75, 3.05) is 11.9 Å². The molecule has 0 aromatic carbocycles. The minimum Gasteiger partial charge on any atom is -0.465 e. The lowest BCUT2D eigenvalue weighted by Gasteiger charge is -2.20. The Morgan fingerprint density at radius 1 is 1.52 bits per heavy atom. The molecule has 1 aromatic rings. The SMILES string of the molecule is O=C(O)Nc1nc2c(s1)C1CN(C2)C(=O)N1OS(=O)(=O)O. The number of rotatable bonds is 3. The van der Waals surface area contributed by atoms with E-state index in [4.69, 9.17) is 9.66 Å². The minimum atomic E-state index is -4.84. The molecule has 11 nitrogen and oxygen atoms in total. The van der Waals surface area contributed by atoms with Crippen LogP contribution in [0.4, 0.5) is 14.7 Å². The van der Waals surface area contributed by atoms with Crippen molar-refractivity contribution in [3.63, 3.8) is 0 Å². The first-order chi connectivity index (χ1) is 9.74. The summed E-state index contributed by atoms with van der Waals surface area (Å²) in [6.07, 6.45) is -1.28. The first-order valence-electron chi connectivity index (χ1n) is 5.49. The van der Waals surface area contributed by atoms with Crippen LogP contribution in [-0.4, -0.2) is 51.7 Å². The number of carboxylic acid groups (broad SMARTS) is 1. The first kappa shape index (κ1) is 14.0. The van der Waals surface area contributed by atoms with Crippen LogP contribution < -0.4 is 5.32 Å². The zero-order chi connectivity index (χ0) is 15.4. The molecule has 1 aromatic heterocycles. The van der Waals surface area contributed by atoms with E-state index in [-0.39, 0.29) is 18.2 Å². The van der Waals surface area contributed by atoms with Crippen molar-refractivity contribution in [1.82, 2.24) is 14.9 Å². The second-order valence-electron chi connectivity index (χ2n) is 4.27. The molecule has 2 aliphatic heterocycles. The van der Waals surface area contributed by atoms with E-state index in [1.807, 2.05) is 0 Å². The van der Waals surface area contributed by atoms with Gasteiger partial charge in [-0.05, 0) is 0 Å². The van der Waals surface area contributed by atoms with Crippen molar-refractivity contribution in [3.8, 4) is 0 Å². The van der Waals surface area contributed by atoms with Crippen molar-refractivity contribution in [2.45, 2.75) is 12.6 Å². The number of hydrogen-bond donors (Lipinski definition) is 3. The van der Waals surface area contributed by atoms with Gasteiger partial charge >= 0.3 is 22.5 Å². The van der Waals surface area contributed by atoms with E-state index in [9.17, 15) is 18.0 Å². The van der Waals surface area contributed by atoms with E-state index in [0.29, 0.717) is 15.6 Å². The molecule has 3 amide bonds. The maximum atomic E-state index is 11.9. The van der Waals surface area contributed by atoms with Gasteiger partial charge in [-0.25, -0.2) is 14.6 Å². The summed E-state index contributed by atoms with van der Waals surface area (Å²) in [6.45, 7) is 0.268. The van der Waals surface area contributed by atoms with Crippen molar-refractivity contribution in [1.29, 1.82) is 0 Å². The molecule has 2 aliphatic rings. The Kier molecular flexibility index (Phi) is 3.01. The van der Waals surface area contributed by atoms with Crippen LogP contribution in [0.5, 0.6) is 0 Å². The number of carbonyl (C=O) groups excluding carboxylic acids is 1. The minimum absolute atomic E-state index is 0.105. The van der Waals surface area contributed by atoms with Crippen molar-refractivity contribution in [2.24, 2.45) is 0 Å². The fourth-order valence-electron chi connectivity index (χ4n) is 2.20. The topological polar surface area (TPSA) is 149 Å². The van der Waals surface area contributed by atoms with Crippen LogP contribution in [0.2, 0.25) is 0 Å². The molecule has 21 heavy (non-hydrogen) atoms. The summed E-state index contributed by atoms with van der Waals surface area (Å²) in [7, 11) is -4.84. The molecule has 0 radical (unpaired) electrons. The van der Waals surface area contributed by atoms with E-state index in [1.54, 1.807) is 0 Å². The Bertz CT molecular complexity index is 729. The molecule has 114 valence electrons. The predicted octanol–water partition coefficient (Wildman–Crippen LogP) is 0.260. The lowest BCUT2D eigenvalue weighted by Crippen LogP contribution is -2.32. The number of amides is 3. The van der Waals surface area contributed by atoms with E-state index in [2.05, 4.69) is 14.6 Å². The van der Waals surface area contributed by atoms with Crippen LogP contribution >= 0.6 is 11.3 Å². The Morgan fingerprint density at radius 2 is 2.24 bits per heavy atom. The number of carbonyl (C=O) groups is 2. The largest absolute Gasteiger partial charge is 0.465 e. The second kappa shape index (κ2) is 4.52. The van der Waals surface area contributed by atoms with E-state index < -0.39 is 28.6 Å². The van der Waals surface area contributed by atoms with Gasteiger partial charge in [-0.15, -0.1) is 4.28 Å². The Labute approximate surface area is 121 Å². The second-order valence-corrected chi connectivity index (χ2v) is 6.30. The molecule has 3 heterocycles. The molecule has 1 atom stereocenters. The van der Waals surface area contributed by atoms with Gasteiger partial charge in [0.1, 0.15) is 6.04 Å². The van der Waals surface area contributed by atoms with E-state index in [0.717, 1.165) is 11.3 Å². The van der Waals surface area contributed by atoms with E-state index in [1.165, 1.54) is 4.90 Å². The highest BCUT2D eigenvalue weighted by atomic mass is 32.3. The van der Waals surface area contributed by atoms with Crippen LogP contribution in [0.1, 0.15) is 16.6 Å². The quantitative estimate of drug-likeness (QED) is 0.665. The van der Waals surface area contributed by atoms with Gasteiger partial charge in [0.2, 0.25) is 0 Å². The van der Waals surface area contributed by atoms with Crippen LogP contribution in [0.25, 0.3) is 0 Å². The number of anilines is 1. The van der Waals surface area contributed by atoms with Gasteiger partial charge in [0.25, 0.3) is 0 Å². The van der Waals surface area contributed by atoms with Crippen LogP contribution in [0.15, 0.2) is 0 Å². The van der Waals surface area contributed by atoms with Crippen molar-refractivity contribution < 1.29 is 31.9 Å². The van der Waals surface area contributed by atoms with Crippen LogP contribution in [-0.2, 0) is 21.2 Å². The molecule has 0 spiro atoms. The molecule has 1 fully saturated rings. The van der Waals surface area contributed by atoms with Gasteiger partial charge in [-0.2, -0.15) is 13.5 Å². The van der Waals surface area contributed by atoms with Gasteiger partial charge in [-0.1, -0.05) is 11.3 Å². The molecule has 3 N–H and O–H groups in total. The van der Waals surface area contributed by atoms with Crippen LogP contribution in [0.3, 0.4) is 0 Å². The highest BCUT2D eigenvalue weighted by molar-refractivity contribution is 7.80. The number of nitrogens with one attached hydrogen (secondary N) is 1. The van der Waals surface area contributed by atoms with Crippen molar-refractivity contribution >= 4 is 39.0 Å². The molecular formula is C8H8N4O7S2. The number of aromatic nitrogens is 1. The van der Waals surface area contributed by atoms with E-state index >= 15 is 0 Å². The standard InChI is InChI=1S/C8H8N4O7S2/c13-7(14)10-6-9-3-1-11-2-4(5(3)20-6)12(8(11)15)19-21(16,17)18/h4H,1-2H2,(H,9,10)(H,13,14)(H,16,17,18). The third kappa shape index (κ3) is 2.51. The Hall–Kier alpha value is -1.96. The van der Waals surface area contributed by atoms with Gasteiger partial charge in [0.05, 0.1) is 23.7 Å². The fraction of sp³-hybridized carbons (Fsp3) is 0.375. The molecular weight excluding hydrogens is 328 g/mol. The number of fused-ring (bicyclic) bond motifs is 4. The summed E-state index contributed by atoms with van der Waals surface area (Å²) in [4.78, 5) is 28.3.